The van der Waals surface area contributed by atoms with Crippen LogP contribution in [0, 0.1) is 5.82 Å². The van der Waals surface area contributed by atoms with Gasteiger partial charge in [0.1, 0.15) is 10.0 Å². The molecule has 1 aromatic carbocycles. The second-order valence-electron chi connectivity index (χ2n) is 4.78. The summed E-state index contributed by atoms with van der Waals surface area (Å²) in [6.45, 7) is 0.210. The van der Waals surface area contributed by atoms with Gasteiger partial charge in [-0.2, -0.15) is 0 Å². The molecule has 1 amide bonds. The number of thiophene rings is 1. The number of amides is 1. The van der Waals surface area contributed by atoms with Crippen molar-refractivity contribution < 1.29 is 17.6 Å². The Morgan fingerprint density at radius 2 is 2.04 bits per heavy atom. The van der Waals surface area contributed by atoms with Gasteiger partial charge < -0.3 is 5.32 Å². The normalized spacial score (nSPS) is 11.4. The second kappa shape index (κ2) is 7.52. The lowest BCUT2D eigenvalue weighted by molar-refractivity contribution is -0.121. The summed E-state index contributed by atoms with van der Waals surface area (Å²) >= 11 is 4.18. The third kappa shape index (κ3) is 5.38. The molecule has 0 unspecified atom stereocenters. The van der Waals surface area contributed by atoms with E-state index < -0.39 is 10.0 Å². The van der Waals surface area contributed by atoms with Crippen LogP contribution < -0.4 is 10.5 Å². The van der Waals surface area contributed by atoms with Crippen LogP contribution >= 0.6 is 27.3 Å². The Kier molecular flexibility index (Phi) is 5.90. The van der Waals surface area contributed by atoms with Crippen molar-refractivity contribution in [2.45, 2.75) is 23.6 Å². The highest BCUT2D eigenvalue weighted by molar-refractivity contribution is 9.10. The Bertz CT molecular complexity index is 821. The number of nitrogens with two attached hydrogens (primary N) is 1. The smallest absolute Gasteiger partial charge is 0.247 e. The third-order valence-corrected chi connectivity index (χ3v) is 6.03. The Hall–Kier alpha value is -1.29. The number of primary sulfonamides is 1. The first-order valence-electron chi connectivity index (χ1n) is 6.58. The van der Waals surface area contributed by atoms with Gasteiger partial charge in [-0.25, -0.2) is 17.9 Å². The molecule has 0 saturated carbocycles. The molecule has 0 aliphatic carbocycles. The highest BCUT2D eigenvalue weighted by atomic mass is 79.9. The fraction of sp³-hybridized carbons (Fsp3) is 0.214. The molecule has 0 radical (unpaired) electrons. The van der Waals surface area contributed by atoms with Gasteiger partial charge in [-0.05, 0) is 36.2 Å². The van der Waals surface area contributed by atoms with E-state index in [9.17, 15) is 17.6 Å². The summed E-state index contributed by atoms with van der Waals surface area (Å²) in [6.07, 6.45) is 0.434. The fourth-order valence-electron chi connectivity index (χ4n) is 1.85. The van der Waals surface area contributed by atoms with Crippen LogP contribution in [0.15, 0.2) is 39.0 Å². The van der Waals surface area contributed by atoms with Gasteiger partial charge in [-0.1, -0.05) is 22.0 Å². The number of hydrogen-bond donors (Lipinski definition) is 2. The van der Waals surface area contributed by atoms with Gasteiger partial charge in [0, 0.05) is 15.8 Å². The third-order valence-electron chi connectivity index (χ3n) is 3.01. The van der Waals surface area contributed by atoms with Crippen molar-refractivity contribution in [1.29, 1.82) is 0 Å². The van der Waals surface area contributed by atoms with Crippen LogP contribution in [0.4, 0.5) is 4.39 Å². The van der Waals surface area contributed by atoms with E-state index in [0.717, 1.165) is 11.3 Å². The monoisotopic (exact) mass is 420 g/mol. The maximum atomic E-state index is 13.6. The Morgan fingerprint density at radius 3 is 2.65 bits per heavy atom. The van der Waals surface area contributed by atoms with E-state index in [1.807, 2.05) is 0 Å². The van der Waals surface area contributed by atoms with Crippen LogP contribution in [0.3, 0.4) is 0 Å². The molecule has 2 aromatic rings. The van der Waals surface area contributed by atoms with Crippen molar-refractivity contribution in [3.63, 3.8) is 0 Å². The highest BCUT2D eigenvalue weighted by Gasteiger charge is 2.12. The van der Waals surface area contributed by atoms with Crippen molar-refractivity contribution in [3.8, 4) is 0 Å². The standard InChI is InChI=1S/C14H14BrFN2O3S2/c15-10-3-1-9(12(16)7-10)2-5-13(19)18-8-11-4-6-14(22-11)23(17,20)21/h1,3-4,6-7H,2,5,8H2,(H,18,19)(H2,17,20,21). The molecule has 124 valence electrons. The van der Waals surface area contributed by atoms with E-state index in [2.05, 4.69) is 21.2 Å². The van der Waals surface area contributed by atoms with Crippen molar-refractivity contribution >= 4 is 43.2 Å². The Labute approximate surface area is 145 Å². The summed E-state index contributed by atoms with van der Waals surface area (Å²) in [7, 11) is -3.71. The zero-order chi connectivity index (χ0) is 17.0. The van der Waals surface area contributed by atoms with E-state index in [1.165, 1.54) is 12.1 Å². The minimum Gasteiger partial charge on any atom is -0.351 e. The number of sulfonamides is 1. The number of rotatable bonds is 6. The average molecular weight is 421 g/mol. The van der Waals surface area contributed by atoms with E-state index >= 15 is 0 Å². The highest BCUT2D eigenvalue weighted by Crippen LogP contribution is 2.20. The minimum atomic E-state index is -3.71. The zero-order valence-electron chi connectivity index (χ0n) is 11.9. The lowest BCUT2D eigenvalue weighted by Crippen LogP contribution is -2.22. The van der Waals surface area contributed by atoms with E-state index in [1.54, 1.807) is 18.2 Å². The lowest BCUT2D eigenvalue weighted by atomic mass is 10.1. The van der Waals surface area contributed by atoms with Crippen LogP contribution in [-0.2, 0) is 27.8 Å². The summed E-state index contributed by atoms with van der Waals surface area (Å²) in [5.41, 5.74) is 0.469. The summed E-state index contributed by atoms with van der Waals surface area (Å²) in [6, 6.07) is 7.70. The molecular weight excluding hydrogens is 407 g/mol. The van der Waals surface area contributed by atoms with Crippen molar-refractivity contribution in [2.75, 3.05) is 0 Å². The zero-order valence-corrected chi connectivity index (χ0v) is 15.1. The van der Waals surface area contributed by atoms with Gasteiger partial charge in [0.15, 0.2) is 0 Å². The molecule has 2 rings (SSSR count). The molecule has 23 heavy (non-hydrogen) atoms. The summed E-state index contributed by atoms with van der Waals surface area (Å²) in [5.74, 6) is -0.596. The van der Waals surface area contributed by atoms with Gasteiger partial charge in [0.2, 0.25) is 15.9 Å². The quantitative estimate of drug-likeness (QED) is 0.752. The molecule has 0 fully saturated rings. The molecule has 0 bridgehead atoms. The van der Waals surface area contributed by atoms with E-state index in [-0.39, 0.29) is 35.3 Å². The Morgan fingerprint density at radius 1 is 1.30 bits per heavy atom. The van der Waals surface area contributed by atoms with Gasteiger partial charge >= 0.3 is 0 Å². The number of benzene rings is 1. The molecule has 5 nitrogen and oxygen atoms in total. The molecule has 3 N–H and O–H groups in total. The SMILES string of the molecule is NS(=O)(=O)c1ccc(CNC(=O)CCc2ccc(Br)cc2F)s1. The summed E-state index contributed by atoms with van der Waals surface area (Å²) in [5, 5.41) is 7.69. The molecule has 1 aromatic heterocycles. The van der Waals surface area contributed by atoms with Crippen LogP contribution in [0.5, 0.6) is 0 Å². The molecule has 0 atom stereocenters. The lowest BCUT2D eigenvalue weighted by Gasteiger charge is -2.05. The number of hydrogen-bond acceptors (Lipinski definition) is 4. The molecule has 0 aliphatic heterocycles. The summed E-state index contributed by atoms with van der Waals surface area (Å²) < 4.78 is 36.7. The summed E-state index contributed by atoms with van der Waals surface area (Å²) in [4.78, 5) is 12.5. The van der Waals surface area contributed by atoms with Crippen molar-refractivity contribution in [2.24, 2.45) is 5.14 Å². The maximum absolute atomic E-state index is 13.6. The molecule has 9 heteroatoms. The Balaban J connectivity index is 1.84. The predicted octanol–water partition coefficient (Wildman–Crippen LogP) is 2.55. The molecular formula is C14H14BrFN2O3S2. The first-order valence-corrected chi connectivity index (χ1v) is 9.73. The number of aryl methyl sites for hydroxylation is 1. The minimum absolute atomic E-state index is 0.0543. The average Bonchev–Trinajstić information content (AvgIpc) is 2.93. The number of carbonyl (C=O) groups is 1. The van der Waals surface area contributed by atoms with Crippen molar-refractivity contribution in [1.82, 2.24) is 5.32 Å². The van der Waals surface area contributed by atoms with Gasteiger partial charge in [-0.15, -0.1) is 11.3 Å². The maximum Gasteiger partial charge on any atom is 0.247 e. The molecule has 0 aliphatic rings. The fourth-order valence-corrected chi connectivity index (χ4v) is 3.90. The first-order chi connectivity index (χ1) is 10.8. The molecule has 0 spiro atoms. The van der Waals surface area contributed by atoms with E-state index in [0.29, 0.717) is 14.9 Å². The largest absolute Gasteiger partial charge is 0.351 e. The van der Waals surface area contributed by atoms with Crippen molar-refractivity contribution in [3.05, 3.63) is 51.1 Å². The van der Waals surface area contributed by atoms with Crippen LogP contribution in [0.25, 0.3) is 0 Å². The second-order valence-corrected chi connectivity index (χ2v) is 8.65. The van der Waals surface area contributed by atoms with Gasteiger partial charge in [-0.3, -0.25) is 4.79 Å². The van der Waals surface area contributed by atoms with Gasteiger partial charge in [0.05, 0.1) is 6.54 Å². The van der Waals surface area contributed by atoms with Crippen LogP contribution in [0.2, 0.25) is 0 Å². The predicted molar refractivity (Wildman–Crippen MR) is 90.0 cm³/mol. The van der Waals surface area contributed by atoms with E-state index in [4.69, 9.17) is 5.14 Å². The topological polar surface area (TPSA) is 89.3 Å². The molecule has 0 saturated heterocycles. The first kappa shape index (κ1) is 18.1. The number of nitrogens with one attached hydrogen (secondary N) is 1. The van der Waals surface area contributed by atoms with Crippen LogP contribution in [0.1, 0.15) is 16.9 Å². The number of carbonyl (C=O) groups excluding carboxylic acids is 1. The number of halogens is 2. The molecule has 1 heterocycles. The van der Waals surface area contributed by atoms with Gasteiger partial charge in [0.25, 0.3) is 0 Å². The van der Waals surface area contributed by atoms with Crippen LogP contribution in [-0.4, -0.2) is 14.3 Å².